The SMILES string of the molecule is CC(C)(C)OC(=O)N1CC2CCN(CCCO[Si](c3ccccc3)(c3ccccc3)C(C)(C)C)[C@@H]2C1. The van der Waals surface area contributed by atoms with Gasteiger partial charge in [0.25, 0.3) is 8.32 Å². The van der Waals surface area contributed by atoms with Crippen molar-refractivity contribution in [1.82, 2.24) is 9.80 Å². The highest BCUT2D eigenvalue weighted by molar-refractivity contribution is 6.99. The van der Waals surface area contributed by atoms with Crippen molar-refractivity contribution >= 4 is 24.8 Å². The maximum Gasteiger partial charge on any atom is 0.410 e. The van der Waals surface area contributed by atoms with Gasteiger partial charge < -0.3 is 14.1 Å². The Hall–Kier alpha value is -2.15. The fourth-order valence-electron chi connectivity index (χ4n) is 6.06. The molecule has 0 aromatic heterocycles. The van der Waals surface area contributed by atoms with Crippen molar-refractivity contribution in [2.45, 2.75) is 71.1 Å². The molecule has 2 fully saturated rings. The fraction of sp³-hybridized carbons (Fsp3) is 0.567. The van der Waals surface area contributed by atoms with Gasteiger partial charge in [-0.2, -0.15) is 0 Å². The maximum atomic E-state index is 12.6. The van der Waals surface area contributed by atoms with Crippen molar-refractivity contribution in [1.29, 1.82) is 0 Å². The molecular weight excluding hydrogens is 464 g/mol. The monoisotopic (exact) mass is 508 g/mol. The van der Waals surface area contributed by atoms with Crippen LogP contribution in [0.2, 0.25) is 5.04 Å². The minimum Gasteiger partial charge on any atom is -0.444 e. The van der Waals surface area contributed by atoms with Crippen LogP contribution in [0.1, 0.15) is 54.4 Å². The minimum absolute atomic E-state index is 0.00613. The molecule has 6 heteroatoms. The molecule has 0 aliphatic carbocycles. The van der Waals surface area contributed by atoms with Gasteiger partial charge in [0.2, 0.25) is 0 Å². The summed E-state index contributed by atoms with van der Waals surface area (Å²) in [6.45, 7) is 17.2. The predicted molar refractivity (Wildman–Crippen MR) is 149 cm³/mol. The Morgan fingerprint density at radius 2 is 1.50 bits per heavy atom. The number of rotatable bonds is 7. The van der Waals surface area contributed by atoms with Crippen molar-refractivity contribution < 1.29 is 14.0 Å². The van der Waals surface area contributed by atoms with E-state index in [0.717, 1.165) is 45.6 Å². The number of hydrogen-bond acceptors (Lipinski definition) is 4. The molecule has 2 aromatic carbocycles. The van der Waals surface area contributed by atoms with E-state index < -0.39 is 13.9 Å². The third kappa shape index (κ3) is 5.71. The molecule has 1 amide bonds. The molecule has 196 valence electrons. The number of amides is 1. The van der Waals surface area contributed by atoms with Crippen LogP contribution in [0.15, 0.2) is 60.7 Å². The van der Waals surface area contributed by atoms with E-state index in [-0.39, 0.29) is 11.1 Å². The summed E-state index contributed by atoms with van der Waals surface area (Å²) in [5.41, 5.74) is -0.452. The first kappa shape index (κ1) is 26.9. The Bertz CT molecular complexity index is 961. The number of carbonyl (C=O) groups excluding carboxylic acids is 1. The first-order valence-electron chi connectivity index (χ1n) is 13.5. The lowest BCUT2D eigenvalue weighted by Gasteiger charge is -2.43. The molecule has 2 atom stereocenters. The van der Waals surface area contributed by atoms with Gasteiger partial charge in [0, 0.05) is 32.3 Å². The van der Waals surface area contributed by atoms with Gasteiger partial charge in [-0.25, -0.2) is 4.79 Å². The maximum absolute atomic E-state index is 12.6. The lowest BCUT2D eigenvalue weighted by Crippen LogP contribution is -2.66. The molecule has 0 N–H and O–H groups in total. The number of fused-ring (bicyclic) bond motifs is 1. The molecule has 2 aliphatic rings. The van der Waals surface area contributed by atoms with Crippen LogP contribution in [0.4, 0.5) is 4.79 Å². The summed E-state index contributed by atoms with van der Waals surface area (Å²) in [7, 11) is -2.49. The second-order valence-corrected chi connectivity index (χ2v) is 16.7. The van der Waals surface area contributed by atoms with Crippen molar-refractivity contribution in [3.8, 4) is 0 Å². The van der Waals surface area contributed by atoms with Gasteiger partial charge in [0.05, 0.1) is 0 Å². The van der Waals surface area contributed by atoms with Crippen LogP contribution in [0.25, 0.3) is 0 Å². The van der Waals surface area contributed by atoms with E-state index in [0.29, 0.717) is 12.0 Å². The van der Waals surface area contributed by atoms with Crippen LogP contribution in [0, 0.1) is 5.92 Å². The standard InChI is InChI=1S/C30H44N2O3Si/c1-29(2,3)35-28(33)32-22-24-18-20-31(27(24)23-32)19-13-21-34-36(30(4,5)6,25-14-9-7-10-15-25)26-16-11-8-12-17-26/h7-12,14-17,24,27H,13,18-23H2,1-6H3/t24?,27-/m1/s1. The summed E-state index contributed by atoms with van der Waals surface area (Å²) in [6, 6.07) is 22.1. The zero-order valence-corrected chi connectivity index (χ0v) is 24.0. The second kappa shape index (κ2) is 10.7. The molecule has 0 saturated carbocycles. The van der Waals surface area contributed by atoms with Crippen molar-refractivity contribution in [3.63, 3.8) is 0 Å². The zero-order chi connectivity index (χ0) is 26.0. The van der Waals surface area contributed by atoms with E-state index in [1.165, 1.54) is 10.4 Å². The molecule has 2 heterocycles. The molecule has 4 rings (SSSR count). The lowest BCUT2D eigenvalue weighted by molar-refractivity contribution is 0.0272. The Balaban J connectivity index is 1.42. The van der Waals surface area contributed by atoms with E-state index in [2.05, 4.69) is 86.3 Å². The molecule has 0 spiro atoms. The largest absolute Gasteiger partial charge is 0.444 e. The number of ether oxygens (including phenoxy) is 1. The first-order valence-corrected chi connectivity index (χ1v) is 15.4. The Morgan fingerprint density at radius 1 is 0.917 bits per heavy atom. The van der Waals surface area contributed by atoms with Crippen LogP contribution in [-0.4, -0.2) is 68.6 Å². The highest BCUT2D eigenvalue weighted by Gasteiger charge is 2.50. The average Bonchev–Trinajstić information content (AvgIpc) is 3.40. The summed E-state index contributed by atoms with van der Waals surface area (Å²) >= 11 is 0. The van der Waals surface area contributed by atoms with Gasteiger partial charge in [-0.05, 0) is 61.5 Å². The van der Waals surface area contributed by atoms with E-state index in [9.17, 15) is 4.79 Å². The number of hydrogen-bond donors (Lipinski definition) is 0. The van der Waals surface area contributed by atoms with Gasteiger partial charge >= 0.3 is 6.09 Å². The second-order valence-electron chi connectivity index (χ2n) is 12.4. The Labute approximate surface area is 218 Å². The van der Waals surface area contributed by atoms with Gasteiger partial charge in [0.1, 0.15) is 5.60 Å². The van der Waals surface area contributed by atoms with E-state index in [1.807, 2.05) is 25.7 Å². The Morgan fingerprint density at radius 3 is 2.03 bits per heavy atom. The molecule has 36 heavy (non-hydrogen) atoms. The van der Waals surface area contributed by atoms with Crippen LogP contribution >= 0.6 is 0 Å². The van der Waals surface area contributed by atoms with Gasteiger partial charge in [-0.1, -0.05) is 81.4 Å². The molecule has 2 saturated heterocycles. The molecule has 2 aliphatic heterocycles. The number of carbonyl (C=O) groups is 1. The highest BCUT2D eigenvalue weighted by atomic mass is 28.4. The van der Waals surface area contributed by atoms with Gasteiger partial charge in [-0.3, -0.25) is 4.90 Å². The number of benzene rings is 2. The summed E-state index contributed by atoms with van der Waals surface area (Å²) in [6.07, 6.45) is 1.96. The molecule has 0 radical (unpaired) electrons. The highest BCUT2D eigenvalue weighted by Crippen LogP contribution is 2.37. The van der Waals surface area contributed by atoms with Crippen LogP contribution in [-0.2, 0) is 9.16 Å². The summed E-state index contributed by atoms with van der Waals surface area (Å²) in [4.78, 5) is 17.1. The van der Waals surface area contributed by atoms with E-state index >= 15 is 0 Å². The van der Waals surface area contributed by atoms with Crippen LogP contribution in [0.3, 0.4) is 0 Å². The molecule has 1 unspecified atom stereocenters. The van der Waals surface area contributed by atoms with Gasteiger partial charge in [-0.15, -0.1) is 0 Å². The minimum atomic E-state index is -2.49. The third-order valence-electron chi connectivity index (χ3n) is 7.64. The normalized spacial score (nSPS) is 21.0. The fourth-order valence-corrected chi connectivity index (χ4v) is 10.7. The van der Waals surface area contributed by atoms with Crippen LogP contribution in [0.5, 0.6) is 0 Å². The summed E-state index contributed by atoms with van der Waals surface area (Å²) in [5.74, 6) is 0.551. The summed E-state index contributed by atoms with van der Waals surface area (Å²) < 4.78 is 12.7. The molecular formula is C30H44N2O3Si. The number of nitrogens with zero attached hydrogens (tertiary/aromatic N) is 2. The van der Waals surface area contributed by atoms with Crippen molar-refractivity contribution in [2.24, 2.45) is 5.92 Å². The van der Waals surface area contributed by atoms with Crippen LogP contribution < -0.4 is 10.4 Å². The lowest BCUT2D eigenvalue weighted by atomic mass is 10.1. The quantitative estimate of drug-likeness (QED) is 0.394. The number of likely N-dealkylation sites (tertiary alicyclic amines) is 2. The van der Waals surface area contributed by atoms with E-state index in [1.54, 1.807) is 0 Å². The zero-order valence-electron chi connectivity index (χ0n) is 23.0. The molecule has 0 bridgehead atoms. The third-order valence-corrected chi connectivity index (χ3v) is 12.7. The van der Waals surface area contributed by atoms with E-state index in [4.69, 9.17) is 9.16 Å². The summed E-state index contributed by atoms with van der Waals surface area (Å²) in [5, 5.41) is 2.65. The predicted octanol–water partition coefficient (Wildman–Crippen LogP) is 4.89. The topological polar surface area (TPSA) is 42.0 Å². The Kier molecular flexibility index (Phi) is 7.98. The molecule has 5 nitrogen and oxygen atoms in total. The molecule has 2 aromatic rings. The van der Waals surface area contributed by atoms with Gasteiger partial charge in [0.15, 0.2) is 0 Å². The smallest absolute Gasteiger partial charge is 0.410 e. The average molecular weight is 509 g/mol. The first-order chi connectivity index (χ1) is 17.0. The van der Waals surface area contributed by atoms with Crippen molar-refractivity contribution in [2.75, 3.05) is 32.8 Å². The van der Waals surface area contributed by atoms with Crippen molar-refractivity contribution in [3.05, 3.63) is 60.7 Å².